The molecule has 3 N–H and O–H groups in total. The van der Waals surface area contributed by atoms with E-state index in [1.54, 1.807) is 0 Å². The third kappa shape index (κ3) is 3.05. The van der Waals surface area contributed by atoms with Crippen LogP contribution < -0.4 is 10.0 Å². The van der Waals surface area contributed by atoms with E-state index in [4.69, 9.17) is 0 Å². The van der Waals surface area contributed by atoms with Gasteiger partial charge in [0.1, 0.15) is 5.82 Å². The molecule has 2 rings (SSSR count). The SMILES string of the molecule is CCc1ncc(S(=O)(=O)NC2CCNCC2)[nH]1. The molecule has 0 saturated carbocycles. The Morgan fingerprint density at radius 1 is 1.47 bits per heavy atom. The molecule has 0 bridgehead atoms. The van der Waals surface area contributed by atoms with Crippen LogP contribution in [0.4, 0.5) is 0 Å². The van der Waals surface area contributed by atoms with Gasteiger partial charge in [-0.15, -0.1) is 0 Å². The summed E-state index contributed by atoms with van der Waals surface area (Å²) in [6.07, 6.45) is 3.73. The van der Waals surface area contributed by atoms with Gasteiger partial charge in [0.25, 0.3) is 10.0 Å². The molecule has 0 aromatic carbocycles. The molecule has 1 aliphatic heterocycles. The van der Waals surface area contributed by atoms with E-state index >= 15 is 0 Å². The Kier molecular flexibility index (Phi) is 3.80. The standard InChI is InChI=1S/C10H18N4O2S/c1-2-9-12-7-10(13-9)17(15,16)14-8-3-5-11-6-4-8/h7-8,11,14H,2-6H2,1H3,(H,12,13). The maximum Gasteiger partial charge on any atom is 0.257 e. The lowest BCUT2D eigenvalue weighted by atomic mass is 10.1. The van der Waals surface area contributed by atoms with Gasteiger partial charge in [0, 0.05) is 12.5 Å². The Balaban J connectivity index is 2.07. The highest BCUT2D eigenvalue weighted by molar-refractivity contribution is 7.89. The Bertz CT molecular complexity index is 462. The third-order valence-electron chi connectivity index (χ3n) is 2.89. The van der Waals surface area contributed by atoms with E-state index in [1.807, 2.05) is 6.92 Å². The number of rotatable bonds is 4. The first-order chi connectivity index (χ1) is 8.12. The maximum absolute atomic E-state index is 12.0. The van der Waals surface area contributed by atoms with Crippen molar-refractivity contribution in [1.29, 1.82) is 0 Å². The van der Waals surface area contributed by atoms with Gasteiger partial charge in [0.15, 0.2) is 5.03 Å². The van der Waals surface area contributed by atoms with Crippen molar-refractivity contribution in [2.75, 3.05) is 13.1 Å². The highest BCUT2D eigenvalue weighted by Gasteiger charge is 2.23. The highest BCUT2D eigenvalue weighted by Crippen LogP contribution is 2.10. The molecule has 17 heavy (non-hydrogen) atoms. The minimum atomic E-state index is -3.44. The fourth-order valence-corrected chi connectivity index (χ4v) is 3.13. The van der Waals surface area contributed by atoms with Gasteiger partial charge in [0.2, 0.25) is 0 Å². The zero-order valence-electron chi connectivity index (χ0n) is 9.86. The monoisotopic (exact) mass is 258 g/mol. The number of H-pyrrole nitrogens is 1. The lowest BCUT2D eigenvalue weighted by molar-refractivity contribution is 0.426. The summed E-state index contributed by atoms with van der Waals surface area (Å²) in [4.78, 5) is 6.82. The topological polar surface area (TPSA) is 86.9 Å². The van der Waals surface area contributed by atoms with Crippen molar-refractivity contribution in [2.24, 2.45) is 0 Å². The maximum atomic E-state index is 12.0. The quantitative estimate of drug-likeness (QED) is 0.709. The second kappa shape index (κ2) is 5.16. The minimum absolute atomic E-state index is 0.0228. The Morgan fingerprint density at radius 3 is 2.76 bits per heavy atom. The molecule has 0 unspecified atom stereocenters. The zero-order chi connectivity index (χ0) is 12.3. The summed E-state index contributed by atoms with van der Waals surface area (Å²) < 4.78 is 26.8. The number of nitrogens with one attached hydrogen (secondary N) is 3. The normalized spacial score (nSPS) is 18.4. The van der Waals surface area contributed by atoms with Gasteiger partial charge in [-0.2, -0.15) is 0 Å². The summed E-state index contributed by atoms with van der Waals surface area (Å²) in [5.74, 6) is 0.690. The molecule has 0 spiro atoms. The van der Waals surface area contributed by atoms with E-state index in [9.17, 15) is 8.42 Å². The van der Waals surface area contributed by atoms with Gasteiger partial charge in [-0.3, -0.25) is 0 Å². The van der Waals surface area contributed by atoms with E-state index in [1.165, 1.54) is 6.20 Å². The number of piperidine rings is 1. The molecule has 2 heterocycles. The van der Waals surface area contributed by atoms with Crippen LogP contribution in [-0.2, 0) is 16.4 Å². The molecule has 6 nitrogen and oxygen atoms in total. The number of nitrogens with zero attached hydrogens (tertiary/aromatic N) is 1. The van der Waals surface area contributed by atoms with Gasteiger partial charge < -0.3 is 10.3 Å². The number of aromatic nitrogens is 2. The fourth-order valence-electron chi connectivity index (χ4n) is 1.88. The van der Waals surface area contributed by atoms with Gasteiger partial charge >= 0.3 is 0 Å². The first-order valence-corrected chi connectivity index (χ1v) is 7.37. The van der Waals surface area contributed by atoms with Crippen molar-refractivity contribution < 1.29 is 8.42 Å². The Hall–Kier alpha value is -0.920. The predicted octanol–water partition coefficient (Wildman–Crippen LogP) is 0.00240. The van der Waals surface area contributed by atoms with E-state index in [0.29, 0.717) is 12.2 Å². The smallest absolute Gasteiger partial charge is 0.257 e. The summed E-state index contributed by atoms with van der Waals surface area (Å²) >= 11 is 0. The van der Waals surface area contributed by atoms with Crippen LogP contribution in [0.25, 0.3) is 0 Å². The summed E-state index contributed by atoms with van der Waals surface area (Å²) in [5, 5.41) is 3.36. The van der Waals surface area contributed by atoms with E-state index in [2.05, 4.69) is 20.0 Å². The Labute approximate surface area is 101 Å². The zero-order valence-corrected chi connectivity index (χ0v) is 10.7. The van der Waals surface area contributed by atoms with Crippen LogP contribution in [0.3, 0.4) is 0 Å². The first-order valence-electron chi connectivity index (χ1n) is 5.89. The fraction of sp³-hybridized carbons (Fsp3) is 0.700. The van der Waals surface area contributed by atoms with E-state index in [-0.39, 0.29) is 11.1 Å². The van der Waals surface area contributed by atoms with Crippen LogP contribution in [-0.4, -0.2) is 37.5 Å². The van der Waals surface area contributed by atoms with Crippen LogP contribution in [0.1, 0.15) is 25.6 Å². The average molecular weight is 258 g/mol. The molecule has 1 fully saturated rings. The first kappa shape index (κ1) is 12.5. The minimum Gasteiger partial charge on any atom is -0.332 e. The van der Waals surface area contributed by atoms with Gasteiger partial charge in [-0.25, -0.2) is 18.1 Å². The summed E-state index contributed by atoms with van der Waals surface area (Å²) in [5.41, 5.74) is 0. The number of aromatic amines is 1. The van der Waals surface area contributed by atoms with Crippen LogP contribution in [0.2, 0.25) is 0 Å². The number of imidazole rings is 1. The molecule has 1 saturated heterocycles. The van der Waals surface area contributed by atoms with Crippen LogP contribution >= 0.6 is 0 Å². The molecule has 0 amide bonds. The van der Waals surface area contributed by atoms with Crippen molar-refractivity contribution in [2.45, 2.75) is 37.3 Å². The van der Waals surface area contributed by atoms with Gasteiger partial charge in [0.05, 0.1) is 6.20 Å². The van der Waals surface area contributed by atoms with E-state index < -0.39 is 10.0 Å². The van der Waals surface area contributed by atoms with Gasteiger partial charge in [-0.05, 0) is 25.9 Å². The lowest BCUT2D eigenvalue weighted by Crippen LogP contribution is -2.42. The molecule has 1 aromatic heterocycles. The number of sulfonamides is 1. The number of hydrogen-bond acceptors (Lipinski definition) is 4. The molecule has 1 aromatic rings. The predicted molar refractivity (Wildman–Crippen MR) is 64.2 cm³/mol. The number of hydrogen-bond donors (Lipinski definition) is 3. The second-order valence-electron chi connectivity index (χ2n) is 4.19. The molecule has 0 radical (unpaired) electrons. The number of aryl methyl sites for hydroxylation is 1. The summed E-state index contributed by atoms with van der Waals surface area (Å²) in [6, 6.07) is 0.0228. The molecular weight excluding hydrogens is 240 g/mol. The molecule has 0 atom stereocenters. The Morgan fingerprint density at radius 2 is 2.18 bits per heavy atom. The van der Waals surface area contributed by atoms with Crippen LogP contribution in [0.15, 0.2) is 11.2 Å². The summed E-state index contributed by atoms with van der Waals surface area (Å²) in [6.45, 7) is 3.64. The van der Waals surface area contributed by atoms with Crippen molar-refractivity contribution >= 4 is 10.0 Å². The molecular formula is C10H18N4O2S. The van der Waals surface area contributed by atoms with Crippen LogP contribution in [0, 0.1) is 0 Å². The van der Waals surface area contributed by atoms with Crippen LogP contribution in [0.5, 0.6) is 0 Å². The third-order valence-corrected chi connectivity index (χ3v) is 4.32. The van der Waals surface area contributed by atoms with Crippen molar-refractivity contribution in [3.8, 4) is 0 Å². The summed E-state index contributed by atoms with van der Waals surface area (Å²) in [7, 11) is -3.44. The van der Waals surface area contributed by atoms with Crippen molar-refractivity contribution in [3.05, 3.63) is 12.0 Å². The van der Waals surface area contributed by atoms with Gasteiger partial charge in [-0.1, -0.05) is 6.92 Å². The lowest BCUT2D eigenvalue weighted by Gasteiger charge is -2.22. The van der Waals surface area contributed by atoms with Crippen molar-refractivity contribution in [1.82, 2.24) is 20.0 Å². The highest BCUT2D eigenvalue weighted by atomic mass is 32.2. The molecule has 0 aliphatic carbocycles. The molecule has 7 heteroatoms. The molecule has 96 valence electrons. The average Bonchev–Trinajstić information content (AvgIpc) is 2.79. The second-order valence-corrected chi connectivity index (χ2v) is 5.88. The largest absolute Gasteiger partial charge is 0.332 e. The van der Waals surface area contributed by atoms with Crippen molar-refractivity contribution in [3.63, 3.8) is 0 Å². The molecule has 1 aliphatic rings. The van der Waals surface area contributed by atoms with E-state index in [0.717, 1.165) is 25.9 Å².